The van der Waals surface area contributed by atoms with Crippen molar-refractivity contribution in [1.29, 1.82) is 0 Å². The van der Waals surface area contributed by atoms with E-state index in [0.29, 0.717) is 24.4 Å². The highest BCUT2D eigenvalue weighted by Crippen LogP contribution is 2.23. The maximum Gasteiger partial charge on any atom is 0.257 e. The van der Waals surface area contributed by atoms with Crippen molar-refractivity contribution >= 4 is 11.8 Å². The molecule has 1 aliphatic rings. The standard InChI is InChI=1S/C26H28N2O3/c1-19-23(14-16-31-19)26(30)28-15-8-13-22(18-28)25(29)27-24(21-11-6-3-7-12-21)17-20-9-4-2-5-10-20/h2-7,9-12,14,16,22,24H,8,13,15,17-18H2,1H3,(H,27,29)/t22-,24-/m0/s1. The highest BCUT2D eigenvalue weighted by Gasteiger charge is 2.31. The van der Waals surface area contributed by atoms with Gasteiger partial charge in [-0.3, -0.25) is 9.59 Å². The van der Waals surface area contributed by atoms with Crippen LogP contribution in [0.1, 0.15) is 46.1 Å². The fourth-order valence-electron chi connectivity index (χ4n) is 4.23. The Bertz CT molecular complexity index is 1010. The van der Waals surface area contributed by atoms with Gasteiger partial charge >= 0.3 is 0 Å². The highest BCUT2D eigenvalue weighted by atomic mass is 16.3. The van der Waals surface area contributed by atoms with Crippen molar-refractivity contribution in [3.05, 3.63) is 95.4 Å². The van der Waals surface area contributed by atoms with Gasteiger partial charge in [0.2, 0.25) is 5.91 Å². The first kappa shape index (κ1) is 20.9. The number of carbonyl (C=O) groups is 2. The molecule has 0 aliphatic carbocycles. The van der Waals surface area contributed by atoms with E-state index in [9.17, 15) is 9.59 Å². The summed E-state index contributed by atoms with van der Waals surface area (Å²) >= 11 is 0. The van der Waals surface area contributed by atoms with Crippen LogP contribution in [0.3, 0.4) is 0 Å². The topological polar surface area (TPSA) is 62.6 Å². The van der Waals surface area contributed by atoms with Crippen LogP contribution < -0.4 is 5.32 Å². The number of rotatable bonds is 6. The Morgan fingerprint density at radius 2 is 1.77 bits per heavy atom. The number of piperidine rings is 1. The zero-order valence-corrected chi connectivity index (χ0v) is 17.8. The average Bonchev–Trinajstić information content (AvgIpc) is 3.25. The third kappa shape index (κ3) is 5.05. The highest BCUT2D eigenvalue weighted by molar-refractivity contribution is 5.95. The van der Waals surface area contributed by atoms with Gasteiger partial charge in [-0.1, -0.05) is 60.7 Å². The van der Waals surface area contributed by atoms with Crippen molar-refractivity contribution in [3.8, 4) is 0 Å². The molecule has 2 atom stereocenters. The van der Waals surface area contributed by atoms with Gasteiger partial charge in [-0.25, -0.2) is 0 Å². The van der Waals surface area contributed by atoms with Gasteiger partial charge < -0.3 is 14.6 Å². The van der Waals surface area contributed by atoms with Crippen LogP contribution in [0.15, 0.2) is 77.4 Å². The van der Waals surface area contributed by atoms with Crippen molar-refractivity contribution in [2.75, 3.05) is 13.1 Å². The molecule has 1 aromatic heterocycles. The van der Waals surface area contributed by atoms with Crippen LogP contribution in [-0.4, -0.2) is 29.8 Å². The largest absolute Gasteiger partial charge is 0.469 e. The molecule has 0 unspecified atom stereocenters. The maximum atomic E-state index is 13.2. The summed E-state index contributed by atoms with van der Waals surface area (Å²) in [4.78, 5) is 27.9. The van der Waals surface area contributed by atoms with Crippen LogP contribution in [0.25, 0.3) is 0 Å². The molecule has 5 nitrogen and oxygen atoms in total. The Labute approximate surface area is 183 Å². The summed E-state index contributed by atoms with van der Waals surface area (Å²) in [7, 11) is 0. The van der Waals surface area contributed by atoms with E-state index in [1.807, 2.05) is 48.5 Å². The first-order valence-electron chi connectivity index (χ1n) is 10.8. The molecule has 1 aliphatic heterocycles. The van der Waals surface area contributed by atoms with Gasteiger partial charge in [-0.15, -0.1) is 0 Å². The van der Waals surface area contributed by atoms with Gasteiger partial charge in [0.1, 0.15) is 5.76 Å². The number of nitrogens with zero attached hydrogens (tertiary/aromatic N) is 1. The van der Waals surface area contributed by atoms with Crippen molar-refractivity contribution in [3.63, 3.8) is 0 Å². The van der Waals surface area contributed by atoms with Gasteiger partial charge in [0, 0.05) is 13.1 Å². The Morgan fingerprint density at radius 1 is 1.06 bits per heavy atom. The number of nitrogens with one attached hydrogen (secondary N) is 1. The van der Waals surface area contributed by atoms with Crippen LogP contribution >= 0.6 is 0 Å². The number of hydrogen-bond acceptors (Lipinski definition) is 3. The second-order valence-electron chi connectivity index (χ2n) is 8.14. The molecule has 2 heterocycles. The number of furan rings is 1. The lowest BCUT2D eigenvalue weighted by Crippen LogP contribution is -2.46. The molecule has 0 radical (unpaired) electrons. The van der Waals surface area contributed by atoms with Gasteiger partial charge in [-0.05, 0) is 43.4 Å². The van der Waals surface area contributed by atoms with E-state index in [0.717, 1.165) is 24.8 Å². The minimum atomic E-state index is -0.216. The lowest BCUT2D eigenvalue weighted by Gasteiger charge is -2.33. The summed E-state index contributed by atoms with van der Waals surface area (Å²) in [5, 5.41) is 3.26. The summed E-state index contributed by atoms with van der Waals surface area (Å²) in [6.07, 6.45) is 3.85. The summed E-state index contributed by atoms with van der Waals surface area (Å²) in [5.74, 6) is 0.342. The van der Waals surface area contributed by atoms with Crippen LogP contribution in [0.5, 0.6) is 0 Å². The lowest BCUT2D eigenvalue weighted by molar-refractivity contribution is -0.127. The predicted molar refractivity (Wildman–Crippen MR) is 120 cm³/mol. The van der Waals surface area contributed by atoms with Crippen LogP contribution in [0.2, 0.25) is 0 Å². The number of likely N-dealkylation sites (tertiary alicyclic amines) is 1. The van der Waals surface area contributed by atoms with Crippen LogP contribution in [0.4, 0.5) is 0 Å². The number of aryl methyl sites for hydroxylation is 1. The minimum absolute atomic E-state index is 0.00574. The van der Waals surface area contributed by atoms with Gasteiger partial charge in [0.15, 0.2) is 0 Å². The number of amides is 2. The normalized spacial score (nSPS) is 17.2. The third-order valence-corrected chi connectivity index (χ3v) is 5.97. The SMILES string of the molecule is Cc1occc1C(=O)N1CCC[C@H](C(=O)N[C@@H](Cc2ccccc2)c2ccccc2)C1. The maximum absolute atomic E-state index is 13.2. The molecule has 1 saturated heterocycles. The zero-order chi connectivity index (χ0) is 21.6. The molecule has 31 heavy (non-hydrogen) atoms. The molecule has 0 bridgehead atoms. The quantitative estimate of drug-likeness (QED) is 0.642. The number of benzene rings is 2. The van der Waals surface area contributed by atoms with E-state index in [1.54, 1.807) is 17.9 Å². The first-order valence-corrected chi connectivity index (χ1v) is 10.8. The Kier molecular flexibility index (Phi) is 6.51. The predicted octanol–water partition coefficient (Wildman–Crippen LogP) is 4.54. The van der Waals surface area contributed by atoms with Crippen LogP contribution in [0, 0.1) is 12.8 Å². The van der Waals surface area contributed by atoms with E-state index in [1.165, 1.54) is 11.8 Å². The monoisotopic (exact) mass is 416 g/mol. The smallest absolute Gasteiger partial charge is 0.257 e. The Hall–Kier alpha value is -3.34. The molecule has 0 spiro atoms. The van der Waals surface area contributed by atoms with Crippen molar-refractivity contribution in [2.24, 2.45) is 5.92 Å². The molecule has 1 N–H and O–H groups in total. The van der Waals surface area contributed by atoms with E-state index < -0.39 is 0 Å². The van der Waals surface area contributed by atoms with Gasteiger partial charge in [-0.2, -0.15) is 0 Å². The average molecular weight is 417 g/mol. The molecule has 5 heteroatoms. The zero-order valence-electron chi connectivity index (χ0n) is 17.8. The molecule has 3 aromatic rings. The second-order valence-corrected chi connectivity index (χ2v) is 8.14. The Balaban J connectivity index is 1.46. The van der Waals surface area contributed by atoms with E-state index >= 15 is 0 Å². The molecule has 2 amide bonds. The van der Waals surface area contributed by atoms with Crippen molar-refractivity contribution < 1.29 is 14.0 Å². The molecule has 160 valence electrons. The van der Waals surface area contributed by atoms with Gasteiger partial charge in [0.25, 0.3) is 5.91 Å². The molecular formula is C26H28N2O3. The third-order valence-electron chi connectivity index (χ3n) is 5.97. The van der Waals surface area contributed by atoms with Gasteiger partial charge in [0.05, 0.1) is 23.8 Å². The molecule has 4 rings (SSSR count). The number of carbonyl (C=O) groups excluding carboxylic acids is 2. The second kappa shape index (κ2) is 9.65. The van der Waals surface area contributed by atoms with Crippen molar-refractivity contribution in [2.45, 2.75) is 32.2 Å². The summed E-state index contributed by atoms with van der Waals surface area (Å²) in [6, 6.07) is 21.8. The molecule has 1 fully saturated rings. The Morgan fingerprint density at radius 3 is 2.45 bits per heavy atom. The summed E-state index contributed by atoms with van der Waals surface area (Å²) < 4.78 is 5.28. The minimum Gasteiger partial charge on any atom is -0.469 e. The lowest BCUT2D eigenvalue weighted by atomic mass is 9.94. The molecule has 0 saturated carbocycles. The van der Waals surface area contributed by atoms with E-state index in [2.05, 4.69) is 17.4 Å². The van der Waals surface area contributed by atoms with E-state index in [-0.39, 0.29) is 23.8 Å². The van der Waals surface area contributed by atoms with Crippen molar-refractivity contribution in [1.82, 2.24) is 10.2 Å². The summed E-state index contributed by atoms with van der Waals surface area (Å²) in [5.41, 5.74) is 2.83. The van der Waals surface area contributed by atoms with E-state index in [4.69, 9.17) is 4.42 Å². The first-order chi connectivity index (χ1) is 15.1. The summed E-state index contributed by atoms with van der Waals surface area (Å²) in [6.45, 7) is 2.89. The molecule has 2 aromatic carbocycles. The van der Waals surface area contributed by atoms with Crippen LogP contribution in [-0.2, 0) is 11.2 Å². The fourth-order valence-corrected chi connectivity index (χ4v) is 4.23. The fraction of sp³-hybridized carbons (Fsp3) is 0.308. The molecular weight excluding hydrogens is 388 g/mol. The number of hydrogen-bond donors (Lipinski definition) is 1.